The van der Waals surface area contributed by atoms with E-state index in [4.69, 9.17) is 9.47 Å². The number of carbonyl (C=O) groups is 5. The van der Waals surface area contributed by atoms with E-state index in [1.54, 1.807) is 50.9 Å². The molecule has 3 atom stereocenters. The summed E-state index contributed by atoms with van der Waals surface area (Å²) in [6.07, 6.45) is 1.61. The summed E-state index contributed by atoms with van der Waals surface area (Å²) >= 11 is 0. The fourth-order valence-electron chi connectivity index (χ4n) is 5.63. The zero-order valence-electron chi connectivity index (χ0n) is 26.6. The standard InChI is InChI=1S/C32H42N6O7/c1-17(2)13-24(36-31(42)25-15-21-22(34-25)10-7-11-27(21)44-6)30(41)35-23(14-20-9-8-12-33-29(20)40)26(39)16-45-32(43)28-18(3)37-38(5)19(28)4/h7,10-11,15,17,20,23-24,34H,8-9,12-14,16H2,1-6H3,(H,33,40)(H,35,41)(H,36,42)/t20-,23-,24-/m0/s1. The highest BCUT2D eigenvalue weighted by Crippen LogP contribution is 2.26. The van der Waals surface area contributed by atoms with Crippen molar-refractivity contribution in [3.8, 4) is 5.75 Å². The molecule has 1 fully saturated rings. The summed E-state index contributed by atoms with van der Waals surface area (Å²) < 4.78 is 12.3. The Kier molecular flexibility index (Phi) is 10.6. The van der Waals surface area contributed by atoms with Crippen molar-refractivity contribution in [3.05, 3.63) is 46.9 Å². The monoisotopic (exact) mass is 622 g/mol. The fourth-order valence-corrected chi connectivity index (χ4v) is 5.63. The number of fused-ring (bicyclic) bond motifs is 1. The molecule has 0 unspecified atom stereocenters. The quantitative estimate of drug-likeness (QED) is 0.211. The van der Waals surface area contributed by atoms with Gasteiger partial charge in [-0.25, -0.2) is 4.79 Å². The van der Waals surface area contributed by atoms with Gasteiger partial charge in [0.1, 0.15) is 23.0 Å². The van der Waals surface area contributed by atoms with E-state index in [9.17, 15) is 24.0 Å². The van der Waals surface area contributed by atoms with E-state index in [0.717, 1.165) is 11.8 Å². The number of ether oxygens (including phenoxy) is 2. The van der Waals surface area contributed by atoms with Crippen LogP contribution < -0.4 is 20.7 Å². The molecule has 1 aromatic carbocycles. The molecule has 0 radical (unpaired) electrons. The van der Waals surface area contributed by atoms with Crippen molar-refractivity contribution in [2.24, 2.45) is 18.9 Å². The van der Waals surface area contributed by atoms with Crippen LogP contribution in [0.15, 0.2) is 24.3 Å². The number of aryl methyl sites for hydroxylation is 2. The minimum absolute atomic E-state index is 0.0223. The second-order valence-electron chi connectivity index (χ2n) is 11.9. The molecule has 13 heteroatoms. The Morgan fingerprint density at radius 2 is 1.89 bits per heavy atom. The van der Waals surface area contributed by atoms with E-state index in [1.807, 2.05) is 19.9 Å². The fraction of sp³-hybridized carbons (Fsp3) is 0.500. The van der Waals surface area contributed by atoms with E-state index < -0.39 is 48.2 Å². The van der Waals surface area contributed by atoms with Gasteiger partial charge < -0.3 is 30.4 Å². The van der Waals surface area contributed by atoms with Gasteiger partial charge in [-0.15, -0.1) is 0 Å². The Morgan fingerprint density at radius 3 is 2.53 bits per heavy atom. The van der Waals surface area contributed by atoms with Crippen LogP contribution in [0.1, 0.15) is 71.8 Å². The van der Waals surface area contributed by atoms with E-state index >= 15 is 0 Å². The molecule has 1 aliphatic heterocycles. The highest BCUT2D eigenvalue weighted by Gasteiger charge is 2.33. The number of rotatable bonds is 13. The summed E-state index contributed by atoms with van der Waals surface area (Å²) in [6, 6.07) is 4.95. The second-order valence-corrected chi connectivity index (χ2v) is 11.9. The lowest BCUT2D eigenvalue weighted by atomic mass is 9.90. The number of piperidine rings is 1. The number of hydrogen-bond donors (Lipinski definition) is 4. The smallest absolute Gasteiger partial charge is 0.342 e. The first-order valence-corrected chi connectivity index (χ1v) is 15.1. The van der Waals surface area contributed by atoms with E-state index in [-0.39, 0.29) is 29.5 Å². The van der Waals surface area contributed by atoms with Crippen molar-refractivity contribution >= 4 is 40.4 Å². The van der Waals surface area contributed by atoms with Crippen LogP contribution in [-0.2, 0) is 26.2 Å². The summed E-state index contributed by atoms with van der Waals surface area (Å²) in [4.78, 5) is 68.9. The zero-order valence-corrected chi connectivity index (χ0v) is 26.6. The summed E-state index contributed by atoms with van der Waals surface area (Å²) in [7, 11) is 3.24. The number of aromatic nitrogens is 3. The van der Waals surface area contributed by atoms with Gasteiger partial charge in [0.2, 0.25) is 11.8 Å². The molecule has 1 aliphatic rings. The van der Waals surface area contributed by atoms with Crippen LogP contribution in [0.2, 0.25) is 0 Å². The molecule has 0 bridgehead atoms. The van der Waals surface area contributed by atoms with Gasteiger partial charge >= 0.3 is 5.97 Å². The van der Waals surface area contributed by atoms with Gasteiger partial charge in [0.15, 0.2) is 12.4 Å². The minimum Gasteiger partial charge on any atom is -0.496 e. The van der Waals surface area contributed by atoms with Crippen LogP contribution in [-0.4, -0.2) is 76.6 Å². The lowest BCUT2D eigenvalue weighted by Gasteiger charge is -2.28. The summed E-state index contributed by atoms with van der Waals surface area (Å²) in [5, 5.41) is 13.3. The lowest BCUT2D eigenvalue weighted by molar-refractivity contribution is -0.133. The molecule has 0 spiro atoms. The molecule has 3 amide bonds. The largest absolute Gasteiger partial charge is 0.496 e. The van der Waals surface area contributed by atoms with Gasteiger partial charge in [-0.3, -0.25) is 23.9 Å². The Bertz CT molecular complexity index is 1590. The molecule has 45 heavy (non-hydrogen) atoms. The maximum Gasteiger partial charge on any atom is 0.342 e. The van der Waals surface area contributed by atoms with Crippen LogP contribution in [0.3, 0.4) is 0 Å². The highest BCUT2D eigenvalue weighted by molar-refractivity contribution is 6.02. The maximum atomic E-state index is 13.7. The molecule has 4 N–H and O–H groups in total. The van der Waals surface area contributed by atoms with Crippen molar-refractivity contribution in [3.63, 3.8) is 0 Å². The Balaban J connectivity index is 1.51. The molecule has 3 heterocycles. The van der Waals surface area contributed by atoms with Gasteiger partial charge in [0.05, 0.1) is 18.8 Å². The number of hydrogen-bond acceptors (Lipinski definition) is 8. The average molecular weight is 623 g/mol. The number of H-pyrrole nitrogens is 1. The maximum absolute atomic E-state index is 13.7. The van der Waals surface area contributed by atoms with Gasteiger partial charge in [-0.1, -0.05) is 19.9 Å². The van der Waals surface area contributed by atoms with Crippen LogP contribution in [0.25, 0.3) is 10.9 Å². The third-order valence-corrected chi connectivity index (χ3v) is 8.10. The van der Waals surface area contributed by atoms with Crippen molar-refractivity contribution in [2.75, 3.05) is 20.3 Å². The van der Waals surface area contributed by atoms with Crippen molar-refractivity contribution in [2.45, 2.75) is 65.5 Å². The van der Waals surface area contributed by atoms with Gasteiger partial charge in [-0.05, 0) is 63.6 Å². The molecule has 242 valence electrons. The molecule has 0 saturated carbocycles. The van der Waals surface area contributed by atoms with Gasteiger partial charge in [0, 0.05) is 36.1 Å². The first kappa shape index (κ1) is 33.2. The number of esters is 1. The van der Waals surface area contributed by atoms with Crippen LogP contribution in [0.5, 0.6) is 5.75 Å². The summed E-state index contributed by atoms with van der Waals surface area (Å²) in [6.45, 7) is 7.16. The Morgan fingerprint density at radius 1 is 1.13 bits per heavy atom. The number of Topliss-reactive ketones (excluding diaryl/α,β-unsaturated/α-hetero) is 1. The lowest BCUT2D eigenvalue weighted by Crippen LogP contribution is -2.54. The third-order valence-electron chi connectivity index (χ3n) is 8.10. The van der Waals surface area contributed by atoms with Crippen LogP contribution in [0.4, 0.5) is 0 Å². The molecular weight excluding hydrogens is 580 g/mol. The van der Waals surface area contributed by atoms with Gasteiger partial charge in [0.25, 0.3) is 5.91 Å². The molecule has 3 aromatic rings. The molecule has 1 saturated heterocycles. The minimum atomic E-state index is -1.13. The van der Waals surface area contributed by atoms with E-state index in [1.165, 1.54) is 0 Å². The second kappa shape index (κ2) is 14.4. The molecule has 4 rings (SSSR count). The topological polar surface area (TPSA) is 174 Å². The number of nitrogens with zero attached hydrogens (tertiary/aromatic N) is 2. The number of ketones is 1. The first-order chi connectivity index (χ1) is 21.4. The van der Waals surface area contributed by atoms with E-state index in [0.29, 0.717) is 42.0 Å². The number of nitrogens with one attached hydrogen (secondary N) is 4. The average Bonchev–Trinajstić information content (AvgIpc) is 3.55. The number of carbonyl (C=O) groups excluding carboxylic acids is 5. The molecular formula is C32H42N6O7. The Labute approximate surface area is 261 Å². The zero-order chi connectivity index (χ0) is 32.8. The summed E-state index contributed by atoms with van der Waals surface area (Å²) in [5.74, 6) is -2.43. The van der Waals surface area contributed by atoms with Crippen molar-refractivity contribution in [1.29, 1.82) is 0 Å². The number of methoxy groups -OCH3 is 1. The van der Waals surface area contributed by atoms with Crippen LogP contribution >= 0.6 is 0 Å². The van der Waals surface area contributed by atoms with Gasteiger partial charge in [-0.2, -0.15) is 5.10 Å². The number of benzene rings is 1. The summed E-state index contributed by atoms with van der Waals surface area (Å²) in [5.41, 5.74) is 2.28. The highest BCUT2D eigenvalue weighted by atomic mass is 16.5. The SMILES string of the molecule is COc1cccc2[nH]c(C(=O)N[C@@H](CC(C)C)C(=O)N[C@@H](C[C@@H]3CCCNC3=O)C(=O)COC(=O)c3c(C)nn(C)c3C)cc12. The van der Waals surface area contributed by atoms with Crippen molar-refractivity contribution < 1.29 is 33.4 Å². The Hall–Kier alpha value is -4.68. The number of aromatic amines is 1. The molecule has 0 aliphatic carbocycles. The normalized spacial score (nSPS) is 16.2. The predicted octanol–water partition coefficient (Wildman–Crippen LogP) is 2.50. The van der Waals surface area contributed by atoms with Crippen molar-refractivity contribution in [1.82, 2.24) is 30.7 Å². The third kappa shape index (κ3) is 7.89. The predicted molar refractivity (Wildman–Crippen MR) is 166 cm³/mol. The molecule has 2 aromatic heterocycles. The number of amides is 3. The van der Waals surface area contributed by atoms with Crippen LogP contribution in [0, 0.1) is 25.7 Å². The molecule has 13 nitrogen and oxygen atoms in total. The first-order valence-electron chi connectivity index (χ1n) is 15.1. The van der Waals surface area contributed by atoms with E-state index in [2.05, 4.69) is 26.0 Å².